The fourth-order valence-electron chi connectivity index (χ4n) is 1.44. The first kappa shape index (κ1) is 12.5. The van der Waals surface area contributed by atoms with Crippen molar-refractivity contribution in [1.82, 2.24) is 4.98 Å². The molecular formula is C12H10FNO3S. The summed E-state index contributed by atoms with van der Waals surface area (Å²) in [7, 11) is 0. The zero-order valence-corrected chi connectivity index (χ0v) is 10.3. The molecule has 94 valence electrons. The Hall–Kier alpha value is -1.95. The van der Waals surface area contributed by atoms with Crippen LogP contribution in [0.5, 0.6) is 5.75 Å². The first-order valence-electron chi connectivity index (χ1n) is 5.14. The number of thiazole rings is 1. The number of hydrogen-bond acceptors (Lipinski definition) is 4. The van der Waals surface area contributed by atoms with E-state index in [4.69, 9.17) is 9.84 Å². The number of aryl methyl sites for hydroxylation is 1. The molecule has 0 fully saturated rings. The SMILES string of the molecule is Cc1ncc(COc2c(F)cccc2C(=O)O)s1. The van der Waals surface area contributed by atoms with E-state index in [0.717, 1.165) is 9.88 Å². The lowest BCUT2D eigenvalue weighted by Crippen LogP contribution is -2.04. The minimum Gasteiger partial charge on any atom is -0.484 e. The van der Waals surface area contributed by atoms with Gasteiger partial charge in [-0.2, -0.15) is 0 Å². The monoisotopic (exact) mass is 267 g/mol. The van der Waals surface area contributed by atoms with Crippen LogP contribution in [0.15, 0.2) is 24.4 Å². The van der Waals surface area contributed by atoms with E-state index < -0.39 is 11.8 Å². The lowest BCUT2D eigenvalue weighted by Gasteiger charge is -2.08. The van der Waals surface area contributed by atoms with Gasteiger partial charge >= 0.3 is 5.97 Å². The molecule has 0 aliphatic rings. The number of ether oxygens (including phenoxy) is 1. The smallest absolute Gasteiger partial charge is 0.339 e. The molecule has 0 amide bonds. The Morgan fingerprint density at radius 3 is 2.94 bits per heavy atom. The predicted molar refractivity (Wildman–Crippen MR) is 64.5 cm³/mol. The number of carboxylic acids is 1. The minimum absolute atomic E-state index is 0.104. The largest absolute Gasteiger partial charge is 0.484 e. The number of rotatable bonds is 4. The van der Waals surface area contributed by atoms with E-state index in [-0.39, 0.29) is 17.9 Å². The second kappa shape index (κ2) is 5.14. The van der Waals surface area contributed by atoms with Gasteiger partial charge in [0.05, 0.1) is 9.88 Å². The molecule has 0 aliphatic heterocycles. The van der Waals surface area contributed by atoms with E-state index in [1.807, 2.05) is 6.92 Å². The van der Waals surface area contributed by atoms with Crippen LogP contribution in [0.4, 0.5) is 4.39 Å². The summed E-state index contributed by atoms with van der Waals surface area (Å²) in [6.45, 7) is 1.95. The first-order valence-corrected chi connectivity index (χ1v) is 5.95. The molecule has 0 aliphatic carbocycles. The highest BCUT2D eigenvalue weighted by atomic mass is 32.1. The van der Waals surface area contributed by atoms with E-state index in [9.17, 15) is 9.18 Å². The molecule has 1 N–H and O–H groups in total. The van der Waals surface area contributed by atoms with Crippen molar-refractivity contribution in [3.63, 3.8) is 0 Å². The molecular weight excluding hydrogens is 257 g/mol. The number of benzene rings is 1. The fourth-order valence-corrected chi connectivity index (χ4v) is 2.15. The van der Waals surface area contributed by atoms with Crippen LogP contribution in [0, 0.1) is 12.7 Å². The van der Waals surface area contributed by atoms with Gasteiger partial charge in [0.2, 0.25) is 0 Å². The van der Waals surface area contributed by atoms with Gasteiger partial charge in [-0.15, -0.1) is 11.3 Å². The number of halogens is 1. The van der Waals surface area contributed by atoms with Crippen LogP contribution in [-0.2, 0) is 6.61 Å². The molecule has 0 saturated carbocycles. The Morgan fingerprint density at radius 1 is 1.56 bits per heavy atom. The van der Waals surface area contributed by atoms with Crippen molar-refractivity contribution in [2.75, 3.05) is 0 Å². The first-order chi connectivity index (χ1) is 8.58. The maximum atomic E-state index is 13.5. The number of hydrogen-bond donors (Lipinski definition) is 1. The molecule has 0 atom stereocenters. The summed E-state index contributed by atoms with van der Waals surface area (Å²) in [6, 6.07) is 3.81. The van der Waals surface area contributed by atoms with Crippen molar-refractivity contribution in [3.05, 3.63) is 45.7 Å². The highest BCUT2D eigenvalue weighted by Crippen LogP contribution is 2.24. The number of nitrogens with zero attached hydrogens (tertiary/aromatic N) is 1. The minimum atomic E-state index is -1.22. The summed E-state index contributed by atoms with van der Waals surface area (Å²) in [5.74, 6) is -2.14. The average Bonchev–Trinajstić information content (AvgIpc) is 2.73. The number of carboxylic acid groups (broad SMARTS) is 1. The highest BCUT2D eigenvalue weighted by molar-refractivity contribution is 7.11. The van der Waals surface area contributed by atoms with Gasteiger partial charge in [-0.25, -0.2) is 14.2 Å². The van der Waals surface area contributed by atoms with Gasteiger partial charge in [0.1, 0.15) is 12.2 Å². The maximum absolute atomic E-state index is 13.5. The van der Waals surface area contributed by atoms with Crippen LogP contribution in [0.3, 0.4) is 0 Å². The predicted octanol–water partition coefficient (Wildman–Crippen LogP) is 2.87. The third-order valence-electron chi connectivity index (χ3n) is 2.23. The zero-order valence-electron chi connectivity index (χ0n) is 9.51. The van der Waals surface area contributed by atoms with Crippen molar-refractivity contribution < 1.29 is 19.0 Å². The van der Waals surface area contributed by atoms with E-state index in [1.165, 1.54) is 29.5 Å². The molecule has 0 radical (unpaired) electrons. The summed E-state index contributed by atoms with van der Waals surface area (Å²) in [5.41, 5.74) is -0.184. The summed E-state index contributed by atoms with van der Waals surface area (Å²) >= 11 is 1.42. The van der Waals surface area contributed by atoms with Crippen molar-refractivity contribution in [2.45, 2.75) is 13.5 Å². The molecule has 0 spiro atoms. The lowest BCUT2D eigenvalue weighted by molar-refractivity contribution is 0.0690. The fraction of sp³-hybridized carbons (Fsp3) is 0.167. The summed E-state index contributed by atoms with van der Waals surface area (Å²) in [6.07, 6.45) is 1.63. The molecule has 0 saturated heterocycles. The van der Waals surface area contributed by atoms with E-state index in [2.05, 4.69) is 4.98 Å². The van der Waals surface area contributed by atoms with Gasteiger partial charge in [-0.05, 0) is 19.1 Å². The topological polar surface area (TPSA) is 59.4 Å². The van der Waals surface area contributed by atoms with Gasteiger partial charge in [0.15, 0.2) is 11.6 Å². The van der Waals surface area contributed by atoms with Crippen LogP contribution in [0.1, 0.15) is 20.2 Å². The number of para-hydroxylation sites is 1. The zero-order chi connectivity index (χ0) is 13.1. The van der Waals surface area contributed by atoms with Gasteiger partial charge in [-0.3, -0.25) is 0 Å². The van der Waals surface area contributed by atoms with Crippen molar-refractivity contribution in [1.29, 1.82) is 0 Å². The number of aromatic nitrogens is 1. The van der Waals surface area contributed by atoms with Crippen molar-refractivity contribution in [2.24, 2.45) is 0 Å². The Bertz CT molecular complexity index is 582. The molecule has 6 heteroatoms. The van der Waals surface area contributed by atoms with Crippen LogP contribution in [0.2, 0.25) is 0 Å². The van der Waals surface area contributed by atoms with Crippen molar-refractivity contribution in [3.8, 4) is 5.75 Å². The quantitative estimate of drug-likeness (QED) is 0.925. The molecule has 0 unspecified atom stereocenters. The maximum Gasteiger partial charge on any atom is 0.339 e. The normalized spacial score (nSPS) is 10.3. The van der Waals surface area contributed by atoms with E-state index >= 15 is 0 Å². The number of carbonyl (C=O) groups is 1. The van der Waals surface area contributed by atoms with E-state index in [1.54, 1.807) is 6.20 Å². The second-order valence-electron chi connectivity index (χ2n) is 3.56. The van der Waals surface area contributed by atoms with Crippen LogP contribution in [0.25, 0.3) is 0 Å². The Morgan fingerprint density at radius 2 is 2.33 bits per heavy atom. The van der Waals surface area contributed by atoms with Gasteiger partial charge in [0.25, 0.3) is 0 Å². The van der Waals surface area contributed by atoms with Gasteiger partial charge in [-0.1, -0.05) is 6.07 Å². The van der Waals surface area contributed by atoms with Gasteiger partial charge < -0.3 is 9.84 Å². The van der Waals surface area contributed by atoms with Crippen molar-refractivity contribution >= 4 is 17.3 Å². The highest BCUT2D eigenvalue weighted by Gasteiger charge is 2.15. The lowest BCUT2D eigenvalue weighted by atomic mass is 10.2. The summed E-state index contributed by atoms with van der Waals surface area (Å²) in [5, 5.41) is 9.81. The Labute approximate surface area is 107 Å². The van der Waals surface area contributed by atoms with Crippen LogP contribution < -0.4 is 4.74 Å². The molecule has 1 aromatic carbocycles. The summed E-state index contributed by atoms with van der Waals surface area (Å²) < 4.78 is 18.8. The second-order valence-corrected chi connectivity index (χ2v) is 4.88. The summed E-state index contributed by atoms with van der Waals surface area (Å²) in [4.78, 5) is 15.8. The molecule has 4 nitrogen and oxygen atoms in total. The van der Waals surface area contributed by atoms with E-state index in [0.29, 0.717) is 0 Å². The molecule has 1 heterocycles. The Kier molecular flexibility index (Phi) is 3.57. The number of aromatic carboxylic acids is 1. The third kappa shape index (κ3) is 2.65. The molecule has 1 aromatic heterocycles. The average molecular weight is 267 g/mol. The van der Waals surface area contributed by atoms with Gasteiger partial charge in [0, 0.05) is 6.20 Å². The third-order valence-corrected chi connectivity index (χ3v) is 3.11. The Balaban J connectivity index is 2.20. The van der Waals surface area contributed by atoms with Crippen LogP contribution >= 0.6 is 11.3 Å². The molecule has 0 bridgehead atoms. The molecule has 2 aromatic rings. The molecule has 18 heavy (non-hydrogen) atoms. The molecule has 2 rings (SSSR count). The van der Waals surface area contributed by atoms with Crippen LogP contribution in [-0.4, -0.2) is 16.1 Å². The standard InChI is InChI=1S/C12H10FNO3S/c1-7-14-5-8(18-7)6-17-11-9(12(15)16)3-2-4-10(11)13/h2-5H,6H2,1H3,(H,15,16).